The molecule has 4 heavy (non-hydrogen) atoms. The van der Waals surface area contributed by atoms with E-state index in [0.717, 1.165) is 0 Å². The topological polar surface area (TPSA) is 0 Å². The van der Waals surface area contributed by atoms with Gasteiger partial charge in [-0.15, -0.1) is 0 Å². The van der Waals surface area contributed by atoms with E-state index in [1.54, 1.807) is 0 Å². The molecule has 32 valence electrons. The van der Waals surface area contributed by atoms with E-state index in [-0.39, 0.29) is 46.7 Å². The molecule has 0 aromatic heterocycles. The number of hydrogen-bond donors (Lipinski definition) is 0. The molecule has 0 aromatic carbocycles. The summed E-state index contributed by atoms with van der Waals surface area (Å²) in [5.74, 6) is 0. The molecule has 0 saturated heterocycles. The van der Waals surface area contributed by atoms with Crippen molar-refractivity contribution in [2.75, 3.05) is 0 Å². The molecule has 2 unspecified atom stereocenters. The van der Waals surface area contributed by atoms with Crippen molar-refractivity contribution >= 4 is 19.8 Å². The monoisotopic (exact) mass is 186 g/mol. The van der Waals surface area contributed by atoms with Crippen LogP contribution in [0.5, 0.6) is 0 Å². The molecule has 0 fully saturated rings. The summed E-state index contributed by atoms with van der Waals surface area (Å²) in [5.41, 5.74) is 0. The second-order valence-corrected chi connectivity index (χ2v) is 0. The van der Waals surface area contributed by atoms with Crippen molar-refractivity contribution in [1.29, 1.82) is 0 Å². The van der Waals surface area contributed by atoms with Gasteiger partial charge in [0, 0.05) is 0 Å². The molecule has 0 aliphatic rings. The van der Waals surface area contributed by atoms with Gasteiger partial charge in [0.1, 0.15) is 0 Å². The zero-order valence-electron chi connectivity index (χ0n) is 2.79. The summed E-state index contributed by atoms with van der Waals surface area (Å²) in [4.78, 5) is 0. The van der Waals surface area contributed by atoms with Gasteiger partial charge >= 0.3 is 19.5 Å². The van der Waals surface area contributed by atoms with E-state index in [0.29, 0.717) is 0 Å². The van der Waals surface area contributed by atoms with E-state index in [9.17, 15) is 0 Å². The molecule has 3 heteroatoms. The fourth-order valence-corrected chi connectivity index (χ4v) is 0. The van der Waals surface area contributed by atoms with Crippen molar-refractivity contribution in [2.45, 2.75) is 0 Å². The number of hydrogen-bond acceptors (Lipinski definition) is 0. The third-order valence-electron chi connectivity index (χ3n) is 0. The summed E-state index contributed by atoms with van der Waals surface area (Å²) in [7, 11) is 0. The third kappa shape index (κ3) is 9.76. The van der Waals surface area contributed by atoms with Crippen LogP contribution in [0.1, 0.15) is 0 Å². The molecule has 0 amide bonds. The molecule has 0 saturated carbocycles. The molecule has 0 spiro atoms. The van der Waals surface area contributed by atoms with E-state index in [1.165, 1.54) is 0 Å². The van der Waals surface area contributed by atoms with Crippen LogP contribution >= 0.6 is 19.8 Å². The summed E-state index contributed by atoms with van der Waals surface area (Å²) in [6, 6.07) is 0. The first-order valence-electron chi connectivity index (χ1n) is 0. The first-order chi connectivity index (χ1) is 0. The van der Waals surface area contributed by atoms with Crippen LogP contribution in [0.3, 0.4) is 0 Å². The van der Waals surface area contributed by atoms with Crippen LogP contribution in [0.4, 0.5) is 0 Å². The van der Waals surface area contributed by atoms with Gasteiger partial charge in [-0.1, -0.05) is 0 Å². The first-order valence-corrected chi connectivity index (χ1v) is 0. The van der Waals surface area contributed by atoms with Gasteiger partial charge < -0.3 is 7.43 Å². The Hall–Kier alpha value is 1.48. The second-order valence-electron chi connectivity index (χ2n) is 0. The van der Waals surface area contributed by atoms with Crippen LogP contribution in [-0.2, 0) is 19.5 Å². The van der Waals surface area contributed by atoms with Gasteiger partial charge in [0.2, 0.25) is 0 Å². The summed E-state index contributed by atoms with van der Waals surface area (Å²) in [6.45, 7) is 0. The SMILES string of the molecule is P.P.[CH3-].[RuH+]. The average molecular weight is 185 g/mol. The predicted octanol–water partition coefficient (Wildman–Crippen LogP) is 0.296. The Morgan fingerprint density at radius 2 is 0.750 bits per heavy atom. The summed E-state index contributed by atoms with van der Waals surface area (Å²) in [5, 5.41) is 0. The van der Waals surface area contributed by atoms with Crippen molar-refractivity contribution in [3.63, 3.8) is 0 Å². The van der Waals surface area contributed by atoms with Crippen LogP contribution in [0.25, 0.3) is 0 Å². The zero-order valence-corrected chi connectivity index (χ0v) is 7.48. The standard InChI is InChI=1S/CH3.2H3P.Ru.H/h3*1H3;;/q-1;;;+1;. The molecule has 0 heterocycles. The molecule has 0 aromatic rings. The quantitative estimate of drug-likeness (QED) is 0.289. The Balaban J connectivity index is 0. The van der Waals surface area contributed by atoms with Gasteiger partial charge in [0.05, 0.1) is 0 Å². The van der Waals surface area contributed by atoms with Gasteiger partial charge in [0.25, 0.3) is 0 Å². The summed E-state index contributed by atoms with van der Waals surface area (Å²) in [6.07, 6.45) is 0. The molecule has 2 atom stereocenters. The zero-order chi connectivity index (χ0) is 0. The van der Waals surface area contributed by atoms with E-state index in [2.05, 4.69) is 0 Å². The van der Waals surface area contributed by atoms with Crippen molar-refractivity contribution in [3.05, 3.63) is 7.43 Å². The van der Waals surface area contributed by atoms with E-state index < -0.39 is 0 Å². The maximum absolute atomic E-state index is 0. The van der Waals surface area contributed by atoms with E-state index in [1.807, 2.05) is 0 Å². The molecule has 0 N–H and O–H groups in total. The molecule has 0 rings (SSSR count). The molecule has 0 aliphatic heterocycles. The predicted molar refractivity (Wildman–Crippen MR) is 30.0 cm³/mol. The normalized spacial score (nSPS) is 0. The van der Waals surface area contributed by atoms with Crippen molar-refractivity contribution in [2.24, 2.45) is 0 Å². The molecular weight excluding hydrogens is 175 g/mol. The van der Waals surface area contributed by atoms with Gasteiger partial charge in [-0.05, 0) is 0 Å². The summed E-state index contributed by atoms with van der Waals surface area (Å²) < 4.78 is 0. The fourth-order valence-electron chi connectivity index (χ4n) is 0. The van der Waals surface area contributed by atoms with Crippen LogP contribution in [0, 0.1) is 7.43 Å². The minimum atomic E-state index is 0. The van der Waals surface area contributed by atoms with Crippen LogP contribution in [0.2, 0.25) is 0 Å². The molecule has 0 nitrogen and oxygen atoms in total. The third-order valence-corrected chi connectivity index (χ3v) is 0. The van der Waals surface area contributed by atoms with Gasteiger partial charge in [-0.25, -0.2) is 0 Å². The molecule has 1 radical (unpaired) electrons. The van der Waals surface area contributed by atoms with Crippen molar-refractivity contribution in [3.8, 4) is 0 Å². The molecule has 0 bridgehead atoms. The summed E-state index contributed by atoms with van der Waals surface area (Å²) >= 11 is 0. The fraction of sp³-hybridized carbons (Fsp3) is 0. The Kier molecular flexibility index (Phi) is 310. The van der Waals surface area contributed by atoms with E-state index in [4.69, 9.17) is 0 Å². The van der Waals surface area contributed by atoms with Crippen LogP contribution in [-0.4, -0.2) is 0 Å². The van der Waals surface area contributed by atoms with Crippen LogP contribution < -0.4 is 0 Å². The number of rotatable bonds is 0. The molecular formula is CH10P2Ru. The van der Waals surface area contributed by atoms with Gasteiger partial charge in [-0.2, -0.15) is 19.8 Å². The van der Waals surface area contributed by atoms with Crippen LogP contribution in [0.15, 0.2) is 0 Å². The maximum atomic E-state index is 0. The Morgan fingerprint density at radius 3 is 0.750 bits per heavy atom. The second kappa shape index (κ2) is 24.7. The van der Waals surface area contributed by atoms with Crippen molar-refractivity contribution in [1.82, 2.24) is 0 Å². The van der Waals surface area contributed by atoms with E-state index >= 15 is 0 Å². The Labute approximate surface area is 47.1 Å². The Morgan fingerprint density at radius 1 is 0.750 bits per heavy atom. The molecule has 0 aliphatic carbocycles. The first kappa shape index (κ1) is 50.1. The minimum absolute atomic E-state index is 0. The van der Waals surface area contributed by atoms with Gasteiger partial charge in [0.15, 0.2) is 0 Å². The Bertz CT molecular complexity index is 6.00. The average Bonchev–Trinajstić information content (AvgIpc) is 0. The van der Waals surface area contributed by atoms with Gasteiger partial charge in [-0.3, -0.25) is 0 Å². The van der Waals surface area contributed by atoms with Crippen molar-refractivity contribution < 1.29 is 19.5 Å².